The molecule has 1 amide bonds. The van der Waals surface area contributed by atoms with Crippen molar-refractivity contribution in [2.24, 2.45) is 0 Å². The Labute approximate surface area is 182 Å². The van der Waals surface area contributed by atoms with Gasteiger partial charge in [-0.2, -0.15) is 0 Å². The van der Waals surface area contributed by atoms with Gasteiger partial charge >= 0.3 is 6.09 Å². The Kier molecular flexibility index (Phi) is 5.69. The Balaban J connectivity index is 1.43. The number of amides is 1. The third kappa shape index (κ3) is 4.59. The van der Waals surface area contributed by atoms with Crippen molar-refractivity contribution in [2.45, 2.75) is 32.5 Å². The lowest BCUT2D eigenvalue weighted by molar-refractivity contribution is 0.0240. The van der Waals surface area contributed by atoms with Gasteiger partial charge in [0, 0.05) is 31.2 Å². The first-order chi connectivity index (χ1) is 14.3. The number of halogens is 1. The topological polar surface area (TPSA) is 51.2 Å². The minimum atomic E-state index is -0.488. The van der Waals surface area contributed by atoms with Gasteiger partial charge in [-0.3, -0.25) is 0 Å². The molecule has 2 heterocycles. The molecular formula is C23H27ClN2O4. The molecule has 4 rings (SSSR count). The Bertz CT molecular complexity index is 902. The van der Waals surface area contributed by atoms with Crippen molar-refractivity contribution in [3.05, 3.63) is 53.1 Å². The van der Waals surface area contributed by atoms with Crippen molar-refractivity contribution in [2.75, 3.05) is 37.7 Å². The standard InChI is InChI=1S/C23H27ClN2O4/c1-23(2,3)30-22(27)26-13-11-25(12-14-26)18-5-4-6-19-21(18)28-15-20(29-19)16-7-9-17(24)10-8-16/h4-10,20H,11-15H2,1-3H3. The fourth-order valence-electron chi connectivity index (χ4n) is 3.64. The van der Waals surface area contributed by atoms with Crippen molar-refractivity contribution in [3.8, 4) is 11.5 Å². The van der Waals surface area contributed by atoms with E-state index in [0.29, 0.717) is 37.8 Å². The van der Waals surface area contributed by atoms with Crippen molar-refractivity contribution >= 4 is 23.4 Å². The number of carbonyl (C=O) groups is 1. The molecule has 1 unspecified atom stereocenters. The van der Waals surface area contributed by atoms with Gasteiger partial charge in [0.25, 0.3) is 0 Å². The van der Waals surface area contributed by atoms with Gasteiger partial charge in [0.2, 0.25) is 0 Å². The molecule has 6 nitrogen and oxygen atoms in total. The number of fused-ring (bicyclic) bond motifs is 1. The van der Waals surface area contributed by atoms with Crippen LogP contribution < -0.4 is 14.4 Å². The Morgan fingerprint density at radius 2 is 1.77 bits per heavy atom. The van der Waals surface area contributed by atoms with Crippen LogP contribution in [0.5, 0.6) is 11.5 Å². The van der Waals surface area contributed by atoms with E-state index in [-0.39, 0.29) is 12.2 Å². The molecule has 0 saturated carbocycles. The molecule has 0 spiro atoms. The normalized spacial score (nSPS) is 18.9. The van der Waals surface area contributed by atoms with Gasteiger partial charge in [0.15, 0.2) is 17.6 Å². The number of carbonyl (C=O) groups excluding carboxylic acids is 1. The molecule has 0 aromatic heterocycles. The summed E-state index contributed by atoms with van der Waals surface area (Å²) in [6, 6.07) is 13.6. The smallest absolute Gasteiger partial charge is 0.410 e. The van der Waals surface area contributed by atoms with Gasteiger partial charge < -0.3 is 24.0 Å². The summed E-state index contributed by atoms with van der Waals surface area (Å²) in [4.78, 5) is 16.3. The zero-order valence-electron chi connectivity index (χ0n) is 17.6. The van der Waals surface area contributed by atoms with Gasteiger partial charge in [-0.25, -0.2) is 4.79 Å². The van der Waals surface area contributed by atoms with E-state index >= 15 is 0 Å². The summed E-state index contributed by atoms with van der Waals surface area (Å²) < 4.78 is 17.8. The summed E-state index contributed by atoms with van der Waals surface area (Å²) in [5, 5.41) is 0.698. The van der Waals surface area contributed by atoms with Crippen molar-refractivity contribution in [1.82, 2.24) is 4.90 Å². The Morgan fingerprint density at radius 3 is 2.43 bits per heavy atom. The minimum absolute atomic E-state index is 0.172. The number of hydrogen-bond donors (Lipinski definition) is 0. The van der Waals surface area contributed by atoms with Crippen LogP contribution in [0, 0.1) is 0 Å². The van der Waals surface area contributed by atoms with E-state index in [1.165, 1.54) is 0 Å². The van der Waals surface area contributed by atoms with Crippen LogP contribution in [0.3, 0.4) is 0 Å². The van der Waals surface area contributed by atoms with Crippen LogP contribution in [-0.4, -0.2) is 49.4 Å². The quantitative estimate of drug-likeness (QED) is 0.677. The van der Waals surface area contributed by atoms with E-state index in [9.17, 15) is 4.79 Å². The van der Waals surface area contributed by atoms with E-state index in [4.69, 9.17) is 25.8 Å². The van der Waals surface area contributed by atoms with Crippen molar-refractivity contribution in [3.63, 3.8) is 0 Å². The second kappa shape index (κ2) is 8.26. The average molecular weight is 431 g/mol. The lowest BCUT2D eigenvalue weighted by Crippen LogP contribution is -2.50. The maximum Gasteiger partial charge on any atom is 0.410 e. The summed E-state index contributed by atoms with van der Waals surface area (Å²) in [7, 11) is 0. The number of piperazine rings is 1. The summed E-state index contributed by atoms with van der Waals surface area (Å²) in [6.07, 6.45) is -0.434. The minimum Gasteiger partial charge on any atom is -0.483 e. The number of hydrogen-bond acceptors (Lipinski definition) is 5. The molecule has 7 heteroatoms. The molecule has 1 atom stereocenters. The van der Waals surface area contributed by atoms with Crippen LogP contribution in [0.25, 0.3) is 0 Å². The zero-order chi connectivity index (χ0) is 21.3. The van der Waals surface area contributed by atoms with Crippen LogP contribution in [0.4, 0.5) is 10.5 Å². The predicted molar refractivity (Wildman–Crippen MR) is 117 cm³/mol. The zero-order valence-corrected chi connectivity index (χ0v) is 18.3. The predicted octanol–water partition coefficient (Wildman–Crippen LogP) is 4.91. The average Bonchev–Trinajstić information content (AvgIpc) is 2.72. The first kappa shape index (κ1) is 20.7. The van der Waals surface area contributed by atoms with Crippen LogP contribution in [0.2, 0.25) is 5.02 Å². The third-order valence-electron chi connectivity index (χ3n) is 5.12. The monoisotopic (exact) mass is 430 g/mol. The second-order valence-corrected chi connectivity index (χ2v) is 8.96. The largest absolute Gasteiger partial charge is 0.483 e. The van der Waals surface area contributed by atoms with E-state index in [0.717, 1.165) is 22.7 Å². The fraction of sp³-hybridized carbons (Fsp3) is 0.435. The lowest BCUT2D eigenvalue weighted by Gasteiger charge is -2.38. The summed E-state index contributed by atoms with van der Waals surface area (Å²) in [5.41, 5.74) is 1.53. The fourth-order valence-corrected chi connectivity index (χ4v) is 3.76. The molecule has 30 heavy (non-hydrogen) atoms. The number of rotatable bonds is 2. The molecule has 0 radical (unpaired) electrons. The van der Waals surface area contributed by atoms with E-state index in [2.05, 4.69) is 4.90 Å². The molecule has 2 aliphatic heterocycles. The second-order valence-electron chi connectivity index (χ2n) is 8.53. The first-order valence-electron chi connectivity index (χ1n) is 10.2. The number of nitrogens with zero attached hydrogens (tertiary/aromatic N) is 2. The molecular weight excluding hydrogens is 404 g/mol. The highest BCUT2D eigenvalue weighted by Crippen LogP contribution is 2.43. The molecule has 1 saturated heterocycles. The molecule has 0 aliphatic carbocycles. The number of anilines is 1. The molecule has 2 aromatic rings. The van der Waals surface area contributed by atoms with Crippen LogP contribution in [-0.2, 0) is 4.74 Å². The summed E-state index contributed by atoms with van der Waals surface area (Å²) in [5.74, 6) is 1.49. The van der Waals surface area contributed by atoms with Gasteiger partial charge in [-0.15, -0.1) is 0 Å². The molecule has 0 bridgehead atoms. The van der Waals surface area contributed by atoms with Crippen LogP contribution in [0.1, 0.15) is 32.4 Å². The SMILES string of the molecule is CC(C)(C)OC(=O)N1CCN(c2cccc3c2OCC(c2ccc(Cl)cc2)O3)CC1. The molecule has 1 fully saturated rings. The van der Waals surface area contributed by atoms with Gasteiger partial charge in [-0.05, 0) is 50.6 Å². The first-order valence-corrected chi connectivity index (χ1v) is 10.6. The molecule has 2 aromatic carbocycles. The summed E-state index contributed by atoms with van der Waals surface area (Å²) in [6.45, 7) is 8.70. The number of ether oxygens (including phenoxy) is 3. The highest BCUT2D eigenvalue weighted by molar-refractivity contribution is 6.30. The van der Waals surface area contributed by atoms with Crippen molar-refractivity contribution in [1.29, 1.82) is 0 Å². The summed E-state index contributed by atoms with van der Waals surface area (Å²) >= 11 is 5.99. The maximum absolute atomic E-state index is 12.3. The van der Waals surface area contributed by atoms with E-state index in [1.54, 1.807) is 4.90 Å². The third-order valence-corrected chi connectivity index (χ3v) is 5.37. The Morgan fingerprint density at radius 1 is 1.07 bits per heavy atom. The van der Waals surface area contributed by atoms with Crippen LogP contribution in [0.15, 0.2) is 42.5 Å². The molecule has 0 N–H and O–H groups in total. The Hall–Kier alpha value is -2.60. The van der Waals surface area contributed by atoms with Gasteiger partial charge in [0.05, 0.1) is 5.69 Å². The number of benzene rings is 2. The van der Waals surface area contributed by atoms with E-state index < -0.39 is 5.60 Å². The van der Waals surface area contributed by atoms with Gasteiger partial charge in [0.1, 0.15) is 12.2 Å². The number of para-hydroxylation sites is 1. The highest BCUT2D eigenvalue weighted by Gasteiger charge is 2.30. The van der Waals surface area contributed by atoms with Crippen LogP contribution >= 0.6 is 11.6 Å². The lowest BCUT2D eigenvalue weighted by atomic mass is 10.1. The highest BCUT2D eigenvalue weighted by atomic mass is 35.5. The van der Waals surface area contributed by atoms with Gasteiger partial charge in [-0.1, -0.05) is 29.8 Å². The molecule has 160 valence electrons. The van der Waals surface area contributed by atoms with E-state index in [1.807, 2.05) is 63.2 Å². The molecule has 2 aliphatic rings. The maximum atomic E-state index is 12.3. The van der Waals surface area contributed by atoms with Crippen molar-refractivity contribution < 1.29 is 19.0 Å².